The highest BCUT2D eigenvalue weighted by atomic mass is 32.1. The third-order valence-electron chi connectivity index (χ3n) is 3.72. The van der Waals surface area contributed by atoms with Crippen molar-refractivity contribution in [3.63, 3.8) is 0 Å². The average molecular weight is 338 g/mol. The van der Waals surface area contributed by atoms with E-state index in [2.05, 4.69) is 4.98 Å². The first kappa shape index (κ1) is 14.9. The van der Waals surface area contributed by atoms with Gasteiger partial charge in [0.15, 0.2) is 12.2 Å². The molecule has 0 aliphatic heterocycles. The summed E-state index contributed by atoms with van der Waals surface area (Å²) in [4.78, 5) is 16.9. The number of aromatic nitrogens is 2. The molecule has 4 rings (SSSR count). The van der Waals surface area contributed by atoms with Crippen LogP contribution in [-0.2, 0) is 4.74 Å². The highest BCUT2D eigenvalue weighted by Crippen LogP contribution is 2.28. The van der Waals surface area contributed by atoms with E-state index in [4.69, 9.17) is 9.47 Å². The first-order chi connectivity index (χ1) is 11.8. The van der Waals surface area contributed by atoms with Crippen molar-refractivity contribution in [3.8, 4) is 10.8 Å². The number of rotatable bonds is 4. The van der Waals surface area contributed by atoms with Gasteiger partial charge in [0.05, 0.1) is 11.0 Å². The van der Waals surface area contributed by atoms with Gasteiger partial charge in [0.1, 0.15) is 17.1 Å². The average Bonchev–Trinajstić information content (AvgIpc) is 3.03. The standard InChI is InChI=1S/C18H14N2O3S/c1-22-11-23-12-6-7-13-16(21)9-18(24-17(13)8-12)20-10-19-14-4-2-3-5-15(14)20/h2-10H,11H2,1H3. The molecule has 120 valence electrons. The van der Waals surface area contributed by atoms with Crippen LogP contribution < -0.4 is 10.2 Å². The molecule has 6 heteroatoms. The summed E-state index contributed by atoms with van der Waals surface area (Å²) >= 11 is 1.52. The second kappa shape index (κ2) is 6.07. The second-order valence-corrected chi connectivity index (χ2v) is 6.32. The lowest BCUT2D eigenvalue weighted by Crippen LogP contribution is -2.03. The van der Waals surface area contributed by atoms with Crippen LogP contribution in [0.15, 0.2) is 59.7 Å². The zero-order valence-corrected chi connectivity index (χ0v) is 13.7. The fourth-order valence-electron chi connectivity index (χ4n) is 2.59. The van der Waals surface area contributed by atoms with Crippen molar-refractivity contribution in [2.45, 2.75) is 0 Å². The summed E-state index contributed by atoms with van der Waals surface area (Å²) in [5.41, 5.74) is 1.85. The summed E-state index contributed by atoms with van der Waals surface area (Å²) in [6.07, 6.45) is 1.74. The molecular formula is C18H14N2O3S. The summed E-state index contributed by atoms with van der Waals surface area (Å²) in [6.45, 7) is 0.173. The Morgan fingerprint density at radius 1 is 1.17 bits per heavy atom. The molecule has 0 saturated carbocycles. The highest BCUT2D eigenvalue weighted by molar-refractivity contribution is 7.20. The fourth-order valence-corrected chi connectivity index (χ4v) is 3.68. The van der Waals surface area contributed by atoms with Gasteiger partial charge in [0.2, 0.25) is 0 Å². The van der Waals surface area contributed by atoms with E-state index in [0.29, 0.717) is 11.1 Å². The molecule has 0 aliphatic rings. The number of nitrogens with zero attached hydrogens (tertiary/aromatic N) is 2. The molecule has 2 heterocycles. The topological polar surface area (TPSA) is 53.4 Å². The Morgan fingerprint density at radius 2 is 2.04 bits per heavy atom. The molecular weight excluding hydrogens is 324 g/mol. The van der Waals surface area contributed by atoms with Crippen LogP contribution in [0.25, 0.3) is 26.1 Å². The predicted octanol–water partition coefficient (Wildman–Crippen LogP) is 3.58. The zero-order chi connectivity index (χ0) is 16.5. The summed E-state index contributed by atoms with van der Waals surface area (Å²) in [5.74, 6) is 0.674. The molecule has 2 aromatic heterocycles. The molecule has 4 aromatic rings. The van der Waals surface area contributed by atoms with Crippen LogP contribution in [0.2, 0.25) is 0 Å². The van der Waals surface area contributed by atoms with Crippen molar-refractivity contribution >= 4 is 32.5 Å². The van der Waals surface area contributed by atoms with Gasteiger partial charge >= 0.3 is 0 Å². The summed E-state index contributed by atoms with van der Waals surface area (Å²) in [6, 6.07) is 14.9. The van der Waals surface area contributed by atoms with Crippen molar-refractivity contribution < 1.29 is 9.47 Å². The Balaban J connectivity index is 1.88. The molecule has 0 bridgehead atoms. The molecule has 0 aliphatic carbocycles. The molecule has 5 nitrogen and oxygen atoms in total. The Bertz CT molecular complexity index is 1080. The van der Waals surface area contributed by atoms with Crippen molar-refractivity contribution in [1.29, 1.82) is 0 Å². The Morgan fingerprint density at radius 3 is 2.92 bits per heavy atom. The van der Waals surface area contributed by atoms with Gasteiger partial charge in [-0.3, -0.25) is 9.36 Å². The second-order valence-electron chi connectivity index (χ2n) is 5.26. The summed E-state index contributed by atoms with van der Waals surface area (Å²) < 4.78 is 13.2. The van der Waals surface area contributed by atoms with E-state index in [-0.39, 0.29) is 12.2 Å². The van der Waals surface area contributed by atoms with Crippen LogP contribution >= 0.6 is 11.3 Å². The number of methoxy groups -OCH3 is 1. The van der Waals surface area contributed by atoms with E-state index < -0.39 is 0 Å². The van der Waals surface area contributed by atoms with Crippen molar-refractivity contribution in [1.82, 2.24) is 9.55 Å². The van der Waals surface area contributed by atoms with Crippen LogP contribution in [0.3, 0.4) is 0 Å². The summed E-state index contributed by atoms with van der Waals surface area (Å²) in [5, 5.41) is 1.50. The maximum Gasteiger partial charge on any atom is 0.190 e. The molecule has 0 unspecified atom stereocenters. The Kier molecular flexibility index (Phi) is 3.76. The molecule has 0 saturated heterocycles. The first-order valence-electron chi connectivity index (χ1n) is 7.38. The number of benzene rings is 2. The van der Waals surface area contributed by atoms with Gasteiger partial charge in [-0.1, -0.05) is 12.1 Å². The third kappa shape index (κ3) is 2.55. The molecule has 0 atom stereocenters. The maximum absolute atomic E-state index is 12.5. The normalized spacial score (nSPS) is 11.2. The minimum absolute atomic E-state index is 0.0187. The van der Waals surface area contributed by atoms with Crippen LogP contribution in [-0.4, -0.2) is 23.5 Å². The lowest BCUT2D eigenvalue weighted by Gasteiger charge is -2.07. The monoisotopic (exact) mass is 338 g/mol. The van der Waals surface area contributed by atoms with Crippen LogP contribution in [0.1, 0.15) is 0 Å². The number of hydrogen-bond donors (Lipinski definition) is 0. The van der Waals surface area contributed by atoms with Gasteiger partial charge < -0.3 is 9.47 Å². The van der Waals surface area contributed by atoms with Gasteiger partial charge in [-0.25, -0.2) is 4.98 Å². The first-order valence-corrected chi connectivity index (χ1v) is 8.20. The lowest BCUT2D eigenvalue weighted by molar-refractivity contribution is 0.0512. The third-order valence-corrected chi connectivity index (χ3v) is 4.80. The van der Waals surface area contributed by atoms with Gasteiger partial charge in [-0.05, 0) is 30.3 Å². The molecule has 0 N–H and O–H groups in total. The fraction of sp³-hybridized carbons (Fsp3) is 0.111. The number of ether oxygens (including phenoxy) is 2. The highest BCUT2D eigenvalue weighted by Gasteiger charge is 2.09. The SMILES string of the molecule is COCOc1ccc2c(=O)cc(-n3cnc4ccccc43)sc2c1. The van der Waals surface area contributed by atoms with E-state index in [1.54, 1.807) is 31.6 Å². The van der Waals surface area contributed by atoms with Crippen molar-refractivity contribution in [2.75, 3.05) is 13.9 Å². The smallest absolute Gasteiger partial charge is 0.190 e. The van der Waals surface area contributed by atoms with Crippen molar-refractivity contribution in [2.24, 2.45) is 0 Å². The minimum atomic E-state index is -0.0187. The van der Waals surface area contributed by atoms with Crippen LogP contribution in [0, 0.1) is 0 Å². The minimum Gasteiger partial charge on any atom is -0.468 e. The number of para-hydroxylation sites is 2. The Labute approximate surface area is 141 Å². The molecule has 2 aromatic carbocycles. The largest absolute Gasteiger partial charge is 0.468 e. The van der Waals surface area contributed by atoms with Gasteiger partial charge in [-0.2, -0.15) is 0 Å². The maximum atomic E-state index is 12.5. The van der Waals surface area contributed by atoms with Gasteiger partial charge in [-0.15, -0.1) is 11.3 Å². The van der Waals surface area contributed by atoms with E-state index in [1.807, 2.05) is 34.9 Å². The van der Waals surface area contributed by atoms with E-state index in [0.717, 1.165) is 20.7 Å². The van der Waals surface area contributed by atoms with Gasteiger partial charge in [0, 0.05) is 23.3 Å². The van der Waals surface area contributed by atoms with Crippen LogP contribution in [0.4, 0.5) is 0 Å². The number of hydrogen-bond acceptors (Lipinski definition) is 5. The Hall–Kier alpha value is -2.70. The van der Waals surface area contributed by atoms with E-state index in [1.165, 1.54) is 11.3 Å². The van der Waals surface area contributed by atoms with E-state index in [9.17, 15) is 4.79 Å². The van der Waals surface area contributed by atoms with E-state index >= 15 is 0 Å². The predicted molar refractivity (Wildman–Crippen MR) is 95.2 cm³/mol. The lowest BCUT2D eigenvalue weighted by atomic mass is 10.2. The molecule has 0 amide bonds. The van der Waals surface area contributed by atoms with Gasteiger partial charge in [0.25, 0.3) is 0 Å². The molecule has 0 fully saturated rings. The molecule has 0 spiro atoms. The quantitative estimate of drug-likeness (QED) is 0.534. The van der Waals surface area contributed by atoms with Crippen molar-refractivity contribution in [3.05, 3.63) is 65.1 Å². The summed E-state index contributed by atoms with van der Waals surface area (Å²) in [7, 11) is 1.57. The number of fused-ring (bicyclic) bond motifs is 2. The zero-order valence-electron chi connectivity index (χ0n) is 12.9. The number of imidazole rings is 1. The molecule has 0 radical (unpaired) electrons. The van der Waals surface area contributed by atoms with Crippen LogP contribution in [0.5, 0.6) is 5.75 Å². The molecule has 24 heavy (non-hydrogen) atoms.